The quantitative estimate of drug-likeness (QED) is 0.854. The molecule has 0 unspecified atom stereocenters. The normalized spacial score (nSPS) is 16.9. The van der Waals surface area contributed by atoms with E-state index in [1.807, 2.05) is 53.2 Å². The molecule has 2 aromatic rings. The third kappa shape index (κ3) is 2.32. The van der Waals surface area contributed by atoms with Crippen molar-refractivity contribution in [2.45, 2.75) is 0 Å². The second-order valence-corrected chi connectivity index (χ2v) is 5.01. The molecule has 3 rings (SSSR count). The van der Waals surface area contributed by atoms with E-state index >= 15 is 0 Å². The highest BCUT2D eigenvalue weighted by molar-refractivity contribution is 8.18. The van der Waals surface area contributed by atoms with Crippen molar-refractivity contribution >= 4 is 29.0 Å². The number of nitrogens with zero attached hydrogens (tertiary/aromatic N) is 1. The maximum atomic E-state index is 11.5. The van der Waals surface area contributed by atoms with Crippen LogP contribution in [-0.2, 0) is 4.79 Å². The Labute approximate surface area is 114 Å². The van der Waals surface area contributed by atoms with Crippen LogP contribution in [0.4, 0.5) is 4.79 Å². The first kappa shape index (κ1) is 11.8. The van der Waals surface area contributed by atoms with E-state index in [4.69, 9.17) is 0 Å². The van der Waals surface area contributed by atoms with Gasteiger partial charge in [0.1, 0.15) is 0 Å². The van der Waals surface area contributed by atoms with Gasteiger partial charge in [-0.15, -0.1) is 0 Å². The first-order chi connectivity index (χ1) is 9.24. The summed E-state index contributed by atoms with van der Waals surface area (Å²) in [6.07, 6.45) is 3.64. The maximum absolute atomic E-state index is 11.5. The molecule has 4 nitrogen and oxygen atoms in total. The Bertz CT molecular complexity index is 674. The number of rotatable bonds is 2. The Morgan fingerprint density at radius 3 is 2.53 bits per heavy atom. The van der Waals surface area contributed by atoms with Crippen LogP contribution in [0.5, 0.6) is 0 Å². The minimum atomic E-state index is -0.337. The van der Waals surface area contributed by atoms with Crippen LogP contribution in [0.25, 0.3) is 11.8 Å². The molecule has 1 aromatic carbocycles. The average Bonchev–Trinajstić information content (AvgIpc) is 2.98. The van der Waals surface area contributed by atoms with Crippen molar-refractivity contribution < 1.29 is 9.59 Å². The van der Waals surface area contributed by atoms with Crippen molar-refractivity contribution in [2.24, 2.45) is 0 Å². The number of carbonyl (C=O) groups excluding carboxylic acids is 2. The summed E-state index contributed by atoms with van der Waals surface area (Å²) in [5.74, 6) is -0.337. The van der Waals surface area contributed by atoms with Gasteiger partial charge in [-0.2, -0.15) is 0 Å². The lowest BCUT2D eigenvalue weighted by Gasteiger charge is -2.06. The molecule has 0 bridgehead atoms. The summed E-state index contributed by atoms with van der Waals surface area (Å²) in [6, 6.07) is 13.6. The minimum absolute atomic E-state index is 0.325. The fourth-order valence-corrected chi connectivity index (χ4v) is 2.56. The number of amides is 2. The van der Waals surface area contributed by atoms with E-state index in [0.717, 1.165) is 23.1 Å². The first-order valence-electron chi connectivity index (χ1n) is 5.72. The summed E-state index contributed by atoms with van der Waals surface area (Å²) < 4.78 is 1.96. The molecule has 2 amide bonds. The molecule has 19 heavy (non-hydrogen) atoms. The molecule has 1 aliphatic heterocycles. The number of thioether (sulfide) groups is 1. The molecule has 5 heteroatoms. The van der Waals surface area contributed by atoms with Crippen molar-refractivity contribution in [3.05, 3.63) is 59.3 Å². The number of hydrogen-bond acceptors (Lipinski definition) is 3. The Morgan fingerprint density at radius 1 is 1.05 bits per heavy atom. The maximum Gasteiger partial charge on any atom is 0.290 e. The minimum Gasteiger partial charge on any atom is -0.317 e. The highest BCUT2D eigenvalue weighted by Crippen LogP contribution is 2.26. The van der Waals surface area contributed by atoms with Crippen LogP contribution in [0.2, 0.25) is 0 Å². The second kappa shape index (κ2) is 4.78. The standard InChI is InChI=1S/C14H10N2O2S/c17-13-12(19-14(18)15-13)9-11-7-4-8-16(11)10-5-2-1-3-6-10/h1-9H,(H,15,17,18)/b12-9-. The van der Waals surface area contributed by atoms with E-state index < -0.39 is 0 Å². The molecule has 1 fully saturated rings. The van der Waals surface area contributed by atoms with Gasteiger partial charge >= 0.3 is 0 Å². The number of para-hydroxylation sites is 1. The third-order valence-electron chi connectivity index (χ3n) is 2.74. The molecule has 0 atom stereocenters. The van der Waals surface area contributed by atoms with Crippen LogP contribution in [0.15, 0.2) is 53.6 Å². The van der Waals surface area contributed by atoms with E-state index in [1.54, 1.807) is 6.08 Å². The zero-order valence-electron chi connectivity index (χ0n) is 9.87. The molecule has 94 valence electrons. The summed E-state index contributed by atoms with van der Waals surface area (Å²) in [5, 5.41) is 1.92. The van der Waals surface area contributed by atoms with Gasteiger partial charge < -0.3 is 4.57 Å². The molecule has 1 aromatic heterocycles. The van der Waals surface area contributed by atoms with E-state index in [2.05, 4.69) is 5.32 Å². The van der Waals surface area contributed by atoms with Crippen molar-refractivity contribution in [1.29, 1.82) is 0 Å². The smallest absolute Gasteiger partial charge is 0.290 e. The highest BCUT2D eigenvalue weighted by Gasteiger charge is 2.25. The third-order valence-corrected chi connectivity index (χ3v) is 3.55. The predicted molar refractivity (Wildman–Crippen MR) is 74.9 cm³/mol. The Kier molecular flexibility index (Phi) is 2.97. The summed E-state index contributed by atoms with van der Waals surface area (Å²) in [4.78, 5) is 23.1. The Morgan fingerprint density at radius 2 is 1.84 bits per heavy atom. The number of benzene rings is 1. The van der Waals surface area contributed by atoms with E-state index in [1.165, 1.54) is 0 Å². The van der Waals surface area contributed by atoms with Gasteiger partial charge in [-0.3, -0.25) is 14.9 Å². The van der Waals surface area contributed by atoms with Crippen LogP contribution >= 0.6 is 11.8 Å². The van der Waals surface area contributed by atoms with Crippen LogP contribution in [0.1, 0.15) is 5.69 Å². The molecule has 0 radical (unpaired) electrons. The van der Waals surface area contributed by atoms with Crippen LogP contribution in [0, 0.1) is 0 Å². The fraction of sp³-hybridized carbons (Fsp3) is 0. The predicted octanol–water partition coefficient (Wildman–Crippen LogP) is 2.80. The van der Waals surface area contributed by atoms with Gasteiger partial charge in [-0.1, -0.05) is 18.2 Å². The van der Waals surface area contributed by atoms with Crippen molar-refractivity contribution in [2.75, 3.05) is 0 Å². The SMILES string of the molecule is O=C1NC(=O)/C(=C/c2cccn2-c2ccccc2)S1. The van der Waals surface area contributed by atoms with Gasteiger partial charge in [-0.05, 0) is 42.1 Å². The summed E-state index contributed by atoms with van der Waals surface area (Å²) in [7, 11) is 0. The number of nitrogens with one attached hydrogen (secondary N) is 1. The molecule has 1 saturated heterocycles. The van der Waals surface area contributed by atoms with Crippen LogP contribution < -0.4 is 5.32 Å². The zero-order valence-corrected chi connectivity index (χ0v) is 10.7. The average molecular weight is 270 g/mol. The van der Waals surface area contributed by atoms with Crippen molar-refractivity contribution in [1.82, 2.24) is 9.88 Å². The lowest BCUT2D eigenvalue weighted by molar-refractivity contribution is -0.115. The van der Waals surface area contributed by atoms with Gasteiger partial charge in [0.05, 0.1) is 4.91 Å². The van der Waals surface area contributed by atoms with Gasteiger partial charge in [0.25, 0.3) is 11.1 Å². The van der Waals surface area contributed by atoms with Gasteiger partial charge in [0.2, 0.25) is 0 Å². The van der Waals surface area contributed by atoms with Gasteiger partial charge in [0.15, 0.2) is 0 Å². The first-order valence-corrected chi connectivity index (χ1v) is 6.53. The largest absolute Gasteiger partial charge is 0.317 e. The highest BCUT2D eigenvalue weighted by atomic mass is 32.2. The summed E-state index contributed by atoms with van der Waals surface area (Å²) in [6.45, 7) is 0. The molecule has 1 aliphatic rings. The van der Waals surface area contributed by atoms with Crippen molar-refractivity contribution in [3.63, 3.8) is 0 Å². The molecular formula is C14H10N2O2S. The second-order valence-electron chi connectivity index (χ2n) is 3.99. The molecule has 2 heterocycles. The Hall–Kier alpha value is -2.27. The zero-order chi connectivity index (χ0) is 13.2. The number of aromatic nitrogens is 1. The Balaban J connectivity index is 2.00. The molecular weight excluding hydrogens is 260 g/mol. The van der Waals surface area contributed by atoms with Gasteiger partial charge in [-0.25, -0.2) is 0 Å². The lowest BCUT2D eigenvalue weighted by atomic mass is 10.3. The number of hydrogen-bond donors (Lipinski definition) is 1. The molecule has 1 N–H and O–H groups in total. The lowest BCUT2D eigenvalue weighted by Crippen LogP contribution is -2.17. The fourth-order valence-electron chi connectivity index (χ4n) is 1.89. The van der Waals surface area contributed by atoms with Gasteiger partial charge in [0, 0.05) is 17.6 Å². The molecule has 0 saturated carbocycles. The van der Waals surface area contributed by atoms with Crippen LogP contribution in [0.3, 0.4) is 0 Å². The number of imide groups is 1. The van der Waals surface area contributed by atoms with Crippen LogP contribution in [-0.4, -0.2) is 15.7 Å². The summed E-state index contributed by atoms with van der Waals surface area (Å²) >= 11 is 0.924. The monoisotopic (exact) mass is 270 g/mol. The van der Waals surface area contributed by atoms with Crippen molar-refractivity contribution in [3.8, 4) is 5.69 Å². The molecule has 0 aliphatic carbocycles. The van der Waals surface area contributed by atoms with E-state index in [9.17, 15) is 9.59 Å². The number of carbonyl (C=O) groups is 2. The molecule has 0 spiro atoms. The van der Waals surface area contributed by atoms with E-state index in [-0.39, 0.29) is 11.1 Å². The summed E-state index contributed by atoms with van der Waals surface area (Å²) in [5.41, 5.74) is 1.87. The van der Waals surface area contributed by atoms with E-state index in [0.29, 0.717) is 4.91 Å². The topological polar surface area (TPSA) is 51.1 Å².